The molecule has 0 aromatic heterocycles. The van der Waals surface area contributed by atoms with E-state index in [-0.39, 0.29) is 23.8 Å². The first-order valence-electron chi connectivity index (χ1n) is 14.0. The van der Waals surface area contributed by atoms with E-state index < -0.39 is 23.8 Å². The van der Waals surface area contributed by atoms with Gasteiger partial charge in [-0.1, -0.05) is 77.6 Å². The van der Waals surface area contributed by atoms with Crippen molar-refractivity contribution < 1.29 is 19.1 Å². The number of benzene rings is 1. The topological polar surface area (TPSA) is 87.7 Å². The fraction of sp³-hybridized carbons (Fsp3) is 0.700. The number of aryl methyl sites for hydroxylation is 1. The molecule has 7 heteroatoms. The number of rotatable bonds is 14. The average molecular weight is 518 g/mol. The Morgan fingerprint density at radius 1 is 0.892 bits per heavy atom. The van der Waals surface area contributed by atoms with E-state index in [4.69, 9.17) is 4.74 Å². The maximum Gasteiger partial charge on any atom is 0.408 e. The molecule has 1 rings (SSSR count). The van der Waals surface area contributed by atoms with Crippen LogP contribution in [0.15, 0.2) is 24.3 Å². The summed E-state index contributed by atoms with van der Waals surface area (Å²) in [5.41, 5.74) is 1.24. The molecule has 0 aliphatic rings. The first-order chi connectivity index (χ1) is 17.3. The second-order valence-corrected chi connectivity index (χ2v) is 11.5. The maximum absolute atomic E-state index is 14.1. The molecule has 0 radical (unpaired) electrons. The van der Waals surface area contributed by atoms with E-state index in [0.717, 1.165) is 49.7 Å². The van der Waals surface area contributed by atoms with Gasteiger partial charge < -0.3 is 20.3 Å². The molecule has 0 spiro atoms. The fourth-order valence-electron chi connectivity index (χ4n) is 4.15. The lowest BCUT2D eigenvalue weighted by molar-refractivity contribution is -0.143. The highest BCUT2D eigenvalue weighted by Crippen LogP contribution is 2.26. The van der Waals surface area contributed by atoms with Crippen molar-refractivity contribution >= 4 is 17.9 Å². The van der Waals surface area contributed by atoms with Gasteiger partial charge in [0, 0.05) is 12.6 Å². The average Bonchev–Trinajstić information content (AvgIpc) is 2.79. The van der Waals surface area contributed by atoms with Gasteiger partial charge in [0.15, 0.2) is 0 Å². The van der Waals surface area contributed by atoms with Crippen LogP contribution in [0.3, 0.4) is 0 Å². The van der Waals surface area contributed by atoms with E-state index in [1.165, 1.54) is 0 Å². The predicted octanol–water partition coefficient (Wildman–Crippen LogP) is 6.16. The number of nitrogens with one attached hydrogen (secondary N) is 2. The summed E-state index contributed by atoms with van der Waals surface area (Å²) in [7, 11) is 0. The van der Waals surface area contributed by atoms with Gasteiger partial charge in [-0.3, -0.25) is 9.59 Å². The lowest BCUT2D eigenvalue weighted by Gasteiger charge is -2.36. The Morgan fingerprint density at radius 3 is 1.97 bits per heavy atom. The van der Waals surface area contributed by atoms with Crippen LogP contribution in [-0.2, 0) is 20.7 Å². The molecule has 0 aliphatic carbocycles. The van der Waals surface area contributed by atoms with Gasteiger partial charge >= 0.3 is 6.09 Å². The van der Waals surface area contributed by atoms with E-state index >= 15 is 0 Å². The van der Waals surface area contributed by atoms with Crippen molar-refractivity contribution in [2.75, 3.05) is 6.54 Å². The van der Waals surface area contributed by atoms with E-state index in [1.807, 2.05) is 52.0 Å². The standard InChI is InChI=1S/C30H51N3O4/c1-10-12-13-14-15-20-33(28(35)25(21(3)4)32-29(36)37-30(7,8)9)26(27(34)31-22(5)6)24-18-16-23(11-2)17-19-24/h16-19,21-22,25-26H,10-15,20H2,1-9H3,(H,31,34)(H,32,36). The molecule has 2 unspecified atom stereocenters. The molecule has 2 N–H and O–H groups in total. The number of ether oxygens (including phenoxy) is 1. The third kappa shape index (κ3) is 11.6. The van der Waals surface area contributed by atoms with Crippen LogP contribution in [0.5, 0.6) is 0 Å². The molecular formula is C30H51N3O4. The Kier molecular flexibility index (Phi) is 13.7. The Balaban J connectivity index is 3.43. The molecule has 7 nitrogen and oxygen atoms in total. The number of hydrogen-bond acceptors (Lipinski definition) is 4. The lowest BCUT2D eigenvalue weighted by Crippen LogP contribution is -2.55. The van der Waals surface area contributed by atoms with E-state index in [1.54, 1.807) is 25.7 Å². The van der Waals surface area contributed by atoms with Crippen LogP contribution in [-0.4, -0.2) is 47.0 Å². The molecular weight excluding hydrogens is 466 g/mol. The van der Waals surface area contributed by atoms with Crippen molar-refractivity contribution in [1.29, 1.82) is 0 Å². The molecule has 2 atom stereocenters. The molecule has 37 heavy (non-hydrogen) atoms. The summed E-state index contributed by atoms with van der Waals surface area (Å²) in [5, 5.41) is 5.80. The van der Waals surface area contributed by atoms with Gasteiger partial charge in [-0.2, -0.15) is 0 Å². The summed E-state index contributed by atoms with van der Waals surface area (Å²) in [6.45, 7) is 17.6. The number of alkyl carbamates (subject to hydrolysis) is 1. The van der Waals surface area contributed by atoms with Crippen LogP contribution in [0, 0.1) is 5.92 Å². The predicted molar refractivity (Wildman–Crippen MR) is 150 cm³/mol. The van der Waals surface area contributed by atoms with Gasteiger partial charge in [0.1, 0.15) is 17.7 Å². The molecule has 1 aromatic carbocycles. The van der Waals surface area contributed by atoms with Gasteiger partial charge in [0.25, 0.3) is 0 Å². The molecule has 0 aliphatic heterocycles. The summed E-state index contributed by atoms with van der Waals surface area (Å²) >= 11 is 0. The SMILES string of the molecule is CCCCCCCN(C(=O)C(NC(=O)OC(C)(C)C)C(C)C)C(C(=O)NC(C)C)c1ccc(CC)cc1. The Morgan fingerprint density at radius 2 is 1.49 bits per heavy atom. The minimum atomic E-state index is -0.824. The highest BCUT2D eigenvalue weighted by atomic mass is 16.6. The first kappa shape index (κ1) is 32.5. The smallest absolute Gasteiger partial charge is 0.408 e. The van der Waals surface area contributed by atoms with E-state index in [2.05, 4.69) is 24.5 Å². The minimum Gasteiger partial charge on any atom is -0.444 e. The number of hydrogen-bond donors (Lipinski definition) is 2. The van der Waals surface area contributed by atoms with Gasteiger partial charge in [-0.15, -0.1) is 0 Å². The molecule has 0 saturated heterocycles. The molecule has 1 aromatic rings. The van der Waals surface area contributed by atoms with E-state index in [0.29, 0.717) is 6.54 Å². The zero-order chi connectivity index (χ0) is 28.2. The van der Waals surface area contributed by atoms with Crippen LogP contribution < -0.4 is 10.6 Å². The Labute approximate surface area is 225 Å². The third-order valence-corrected chi connectivity index (χ3v) is 6.09. The third-order valence-electron chi connectivity index (χ3n) is 6.09. The van der Waals surface area contributed by atoms with E-state index in [9.17, 15) is 14.4 Å². The molecule has 0 fully saturated rings. The zero-order valence-electron chi connectivity index (χ0n) is 24.6. The second-order valence-electron chi connectivity index (χ2n) is 11.5. The van der Waals surface area contributed by atoms with Gasteiger partial charge in [0.05, 0.1) is 0 Å². The number of nitrogens with zero attached hydrogens (tertiary/aromatic N) is 1. The van der Waals surface area contributed by atoms with Crippen molar-refractivity contribution in [3.05, 3.63) is 35.4 Å². The first-order valence-corrected chi connectivity index (χ1v) is 14.0. The summed E-state index contributed by atoms with van der Waals surface area (Å²) in [5.74, 6) is -0.695. The van der Waals surface area contributed by atoms with Crippen LogP contribution in [0.1, 0.15) is 112 Å². The summed E-state index contributed by atoms with van der Waals surface area (Å²) in [6, 6.07) is 6.19. The molecule has 0 heterocycles. The number of amides is 3. The van der Waals surface area contributed by atoms with Crippen LogP contribution in [0.2, 0.25) is 0 Å². The number of carbonyl (C=O) groups excluding carboxylic acids is 3. The highest BCUT2D eigenvalue weighted by Gasteiger charge is 2.37. The van der Waals surface area contributed by atoms with Crippen molar-refractivity contribution in [1.82, 2.24) is 15.5 Å². The molecule has 210 valence electrons. The maximum atomic E-state index is 14.1. The minimum absolute atomic E-state index is 0.0767. The van der Waals surface area contributed by atoms with Crippen LogP contribution in [0.25, 0.3) is 0 Å². The normalized spacial score (nSPS) is 13.3. The van der Waals surface area contributed by atoms with Crippen molar-refractivity contribution in [2.45, 2.75) is 125 Å². The molecule has 0 saturated carbocycles. The summed E-state index contributed by atoms with van der Waals surface area (Å²) in [4.78, 5) is 42.0. The van der Waals surface area contributed by atoms with Crippen molar-refractivity contribution in [2.24, 2.45) is 5.92 Å². The second kappa shape index (κ2) is 15.6. The fourth-order valence-corrected chi connectivity index (χ4v) is 4.15. The lowest BCUT2D eigenvalue weighted by atomic mass is 9.97. The Hall–Kier alpha value is -2.57. The quantitative estimate of drug-likeness (QED) is 0.289. The molecule has 3 amide bonds. The van der Waals surface area contributed by atoms with Gasteiger partial charge in [0.2, 0.25) is 11.8 Å². The summed E-state index contributed by atoms with van der Waals surface area (Å²) in [6.07, 6.45) is 5.34. The monoisotopic (exact) mass is 517 g/mol. The van der Waals surface area contributed by atoms with Crippen LogP contribution in [0.4, 0.5) is 4.79 Å². The largest absolute Gasteiger partial charge is 0.444 e. The van der Waals surface area contributed by atoms with Crippen LogP contribution >= 0.6 is 0 Å². The van der Waals surface area contributed by atoms with Crippen molar-refractivity contribution in [3.8, 4) is 0 Å². The summed E-state index contributed by atoms with van der Waals surface area (Å²) < 4.78 is 5.44. The van der Waals surface area contributed by atoms with Gasteiger partial charge in [-0.25, -0.2) is 4.79 Å². The zero-order valence-corrected chi connectivity index (χ0v) is 24.6. The van der Waals surface area contributed by atoms with Crippen molar-refractivity contribution in [3.63, 3.8) is 0 Å². The number of carbonyl (C=O) groups is 3. The van der Waals surface area contributed by atoms with Gasteiger partial charge in [-0.05, 0) is 64.5 Å². The highest BCUT2D eigenvalue weighted by molar-refractivity contribution is 5.92. The molecule has 0 bridgehead atoms. The number of unbranched alkanes of at least 4 members (excludes halogenated alkanes) is 4. The Bertz CT molecular complexity index is 843.